The molecule has 1 atom stereocenters. The lowest BCUT2D eigenvalue weighted by molar-refractivity contribution is -0.123. The summed E-state index contributed by atoms with van der Waals surface area (Å²) in [5, 5.41) is 2.72. The van der Waals surface area contributed by atoms with E-state index < -0.39 is 0 Å². The molecule has 0 saturated carbocycles. The quantitative estimate of drug-likeness (QED) is 0.736. The molecule has 0 radical (unpaired) electrons. The highest BCUT2D eigenvalue weighted by molar-refractivity contribution is 5.77. The lowest BCUT2D eigenvalue weighted by Crippen LogP contribution is -2.31. The van der Waals surface area contributed by atoms with E-state index >= 15 is 0 Å². The van der Waals surface area contributed by atoms with E-state index in [2.05, 4.69) is 5.32 Å². The smallest absolute Gasteiger partial charge is 0.258 e. The molecule has 92 valence electrons. The van der Waals surface area contributed by atoms with Gasteiger partial charge in [0.2, 0.25) is 0 Å². The Morgan fingerprint density at radius 2 is 2.06 bits per heavy atom. The van der Waals surface area contributed by atoms with E-state index in [1.807, 2.05) is 0 Å². The van der Waals surface area contributed by atoms with Crippen molar-refractivity contribution >= 4 is 5.91 Å². The zero-order valence-electron chi connectivity index (χ0n) is 9.64. The molecule has 5 nitrogen and oxygen atoms in total. The Morgan fingerprint density at radius 3 is 2.65 bits per heavy atom. The van der Waals surface area contributed by atoms with Crippen molar-refractivity contribution in [1.29, 1.82) is 0 Å². The minimum Gasteiger partial charge on any atom is -0.497 e. The molecule has 0 unspecified atom stereocenters. The lowest BCUT2D eigenvalue weighted by Gasteiger charge is -2.07. The van der Waals surface area contributed by atoms with E-state index in [9.17, 15) is 4.79 Å². The summed E-state index contributed by atoms with van der Waals surface area (Å²) in [4.78, 5) is 11.4. The fourth-order valence-electron chi connectivity index (χ4n) is 1.29. The van der Waals surface area contributed by atoms with Gasteiger partial charge in [-0.3, -0.25) is 4.79 Å². The van der Waals surface area contributed by atoms with E-state index in [0.717, 1.165) is 12.4 Å². The van der Waals surface area contributed by atoms with Gasteiger partial charge in [0.25, 0.3) is 5.91 Å². The fraction of sp³-hybridized carbons (Fsp3) is 0.417. The molecule has 1 N–H and O–H groups in total. The minimum absolute atomic E-state index is 0.0129. The van der Waals surface area contributed by atoms with E-state index in [-0.39, 0.29) is 18.6 Å². The van der Waals surface area contributed by atoms with Crippen LogP contribution in [0.5, 0.6) is 11.5 Å². The van der Waals surface area contributed by atoms with Crippen LogP contribution >= 0.6 is 0 Å². The zero-order valence-corrected chi connectivity index (χ0v) is 9.64. The van der Waals surface area contributed by atoms with Crippen molar-refractivity contribution in [1.82, 2.24) is 5.32 Å². The predicted molar refractivity (Wildman–Crippen MR) is 61.2 cm³/mol. The molecule has 2 rings (SSSR count). The van der Waals surface area contributed by atoms with Crippen molar-refractivity contribution in [2.75, 3.05) is 26.9 Å². The van der Waals surface area contributed by atoms with E-state index in [1.165, 1.54) is 0 Å². The number of hydrogen-bond acceptors (Lipinski definition) is 4. The average Bonchev–Trinajstić information content (AvgIpc) is 3.18. The highest BCUT2D eigenvalue weighted by Gasteiger charge is 2.22. The molecule has 1 aromatic rings. The van der Waals surface area contributed by atoms with E-state index in [1.54, 1.807) is 31.4 Å². The van der Waals surface area contributed by atoms with Crippen LogP contribution in [0, 0.1) is 0 Å². The van der Waals surface area contributed by atoms with Crippen LogP contribution in [-0.2, 0) is 9.53 Å². The minimum atomic E-state index is -0.142. The van der Waals surface area contributed by atoms with Gasteiger partial charge in [0.05, 0.1) is 19.8 Å². The predicted octanol–water partition coefficient (Wildman–Crippen LogP) is 0.589. The normalized spacial score (nSPS) is 17.4. The van der Waals surface area contributed by atoms with E-state index in [0.29, 0.717) is 12.3 Å². The van der Waals surface area contributed by atoms with Crippen LogP contribution in [0.25, 0.3) is 0 Å². The molecule has 17 heavy (non-hydrogen) atoms. The Hall–Kier alpha value is -1.75. The molecular formula is C12H15NO4. The molecule has 0 aromatic heterocycles. The summed E-state index contributed by atoms with van der Waals surface area (Å²) in [5.74, 6) is 1.26. The summed E-state index contributed by atoms with van der Waals surface area (Å²) >= 11 is 0. The standard InChI is InChI=1S/C12H15NO4/c1-15-9-2-4-10(5-3-9)17-8-12(14)13-6-11-7-16-11/h2-5,11H,6-8H2,1H3,(H,13,14)/t11-/m1/s1. The number of rotatable bonds is 6. The van der Waals surface area contributed by atoms with Crippen molar-refractivity contribution in [3.63, 3.8) is 0 Å². The van der Waals surface area contributed by atoms with Crippen LogP contribution in [0.3, 0.4) is 0 Å². The molecule has 0 bridgehead atoms. The molecular weight excluding hydrogens is 222 g/mol. The van der Waals surface area contributed by atoms with Gasteiger partial charge in [-0.1, -0.05) is 0 Å². The largest absolute Gasteiger partial charge is 0.497 e. The molecule has 1 aliphatic heterocycles. The molecule has 1 saturated heterocycles. The van der Waals surface area contributed by atoms with Gasteiger partial charge >= 0.3 is 0 Å². The first-order valence-electron chi connectivity index (χ1n) is 5.43. The maximum absolute atomic E-state index is 11.4. The Labute approximate surface area is 99.7 Å². The first-order chi connectivity index (χ1) is 8.28. The second-order valence-corrected chi connectivity index (χ2v) is 3.72. The number of ether oxygens (including phenoxy) is 3. The molecule has 1 fully saturated rings. The molecule has 1 amide bonds. The van der Waals surface area contributed by atoms with Gasteiger partial charge in [0.1, 0.15) is 11.5 Å². The van der Waals surface area contributed by atoms with Crippen molar-refractivity contribution in [2.45, 2.75) is 6.10 Å². The van der Waals surface area contributed by atoms with Gasteiger partial charge < -0.3 is 19.5 Å². The highest BCUT2D eigenvalue weighted by atomic mass is 16.6. The average molecular weight is 237 g/mol. The van der Waals surface area contributed by atoms with E-state index in [4.69, 9.17) is 14.2 Å². The molecule has 1 heterocycles. The Kier molecular flexibility index (Phi) is 3.82. The first kappa shape index (κ1) is 11.7. The first-order valence-corrected chi connectivity index (χ1v) is 5.43. The number of benzene rings is 1. The second-order valence-electron chi connectivity index (χ2n) is 3.72. The summed E-state index contributed by atoms with van der Waals surface area (Å²) in [7, 11) is 1.60. The number of epoxide rings is 1. The van der Waals surface area contributed by atoms with Gasteiger partial charge in [-0.05, 0) is 24.3 Å². The number of methoxy groups -OCH3 is 1. The Balaban J connectivity index is 1.70. The number of carbonyl (C=O) groups is 1. The van der Waals surface area contributed by atoms with Gasteiger partial charge in [-0.2, -0.15) is 0 Å². The summed E-state index contributed by atoms with van der Waals surface area (Å²) in [5.41, 5.74) is 0. The fourth-order valence-corrected chi connectivity index (χ4v) is 1.29. The number of nitrogens with one attached hydrogen (secondary N) is 1. The molecule has 0 spiro atoms. The van der Waals surface area contributed by atoms with Gasteiger partial charge in [0, 0.05) is 6.54 Å². The summed E-state index contributed by atoms with van der Waals surface area (Å²) < 4.78 is 15.3. The highest BCUT2D eigenvalue weighted by Crippen LogP contribution is 2.16. The van der Waals surface area contributed by atoms with Crippen molar-refractivity contribution in [3.05, 3.63) is 24.3 Å². The number of amides is 1. The Bertz CT molecular complexity index is 373. The third-order valence-corrected chi connectivity index (χ3v) is 2.36. The van der Waals surface area contributed by atoms with Crippen LogP contribution in [-0.4, -0.2) is 38.9 Å². The number of carbonyl (C=O) groups excluding carboxylic acids is 1. The SMILES string of the molecule is COc1ccc(OCC(=O)NC[C@@H]2CO2)cc1. The summed E-state index contributed by atoms with van der Waals surface area (Å²) in [6.45, 7) is 1.31. The summed E-state index contributed by atoms with van der Waals surface area (Å²) in [6, 6.07) is 7.09. The second kappa shape index (κ2) is 5.54. The maximum atomic E-state index is 11.4. The third kappa shape index (κ3) is 3.96. The van der Waals surface area contributed by atoms with Crippen LogP contribution in [0.15, 0.2) is 24.3 Å². The molecule has 1 aromatic carbocycles. The molecule has 0 aliphatic carbocycles. The van der Waals surface area contributed by atoms with Crippen LogP contribution in [0.1, 0.15) is 0 Å². The van der Waals surface area contributed by atoms with Crippen LogP contribution < -0.4 is 14.8 Å². The zero-order chi connectivity index (χ0) is 12.1. The van der Waals surface area contributed by atoms with Crippen LogP contribution in [0.2, 0.25) is 0 Å². The van der Waals surface area contributed by atoms with Gasteiger partial charge in [-0.25, -0.2) is 0 Å². The van der Waals surface area contributed by atoms with Gasteiger partial charge in [0.15, 0.2) is 6.61 Å². The van der Waals surface area contributed by atoms with Crippen molar-refractivity contribution in [2.24, 2.45) is 0 Å². The molecule has 1 aliphatic rings. The molecule has 5 heteroatoms. The van der Waals surface area contributed by atoms with Gasteiger partial charge in [-0.15, -0.1) is 0 Å². The van der Waals surface area contributed by atoms with Crippen LogP contribution in [0.4, 0.5) is 0 Å². The van der Waals surface area contributed by atoms with Crippen molar-refractivity contribution in [3.8, 4) is 11.5 Å². The topological polar surface area (TPSA) is 60.1 Å². The van der Waals surface area contributed by atoms with Crippen molar-refractivity contribution < 1.29 is 19.0 Å². The third-order valence-electron chi connectivity index (χ3n) is 2.36. The number of hydrogen-bond donors (Lipinski definition) is 1. The summed E-state index contributed by atoms with van der Waals surface area (Å²) in [6.07, 6.45) is 0.194. The lowest BCUT2D eigenvalue weighted by atomic mass is 10.3. The maximum Gasteiger partial charge on any atom is 0.258 e. The Morgan fingerprint density at radius 1 is 1.41 bits per heavy atom. The monoisotopic (exact) mass is 237 g/mol.